The number of hydrogen-bond acceptors (Lipinski definition) is 2. The van der Waals surface area contributed by atoms with Crippen LogP contribution in [-0.2, 0) is 0 Å². The van der Waals surface area contributed by atoms with Gasteiger partial charge in [0.15, 0.2) is 0 Å². The van der Waals surface area contributed by atoms with Crippen molar-refractivity contribution in [2.75, 3.05) is 4.90 Å². The van der Waals surface area contributed by atoms with Gasteiger partial charge in [-0.3, -0.25) is 0 Å². The molecule has 10 aromatic rings. The fourth-order valence-electron chi connectivity index (χ4n) is 7.58. The van der Waals surface area contributed by atoms with E-state index in [4.69, 9.17) is 4.42 Å². The third-order valence-electron chi connectivity index (χ3n) is 9.76. The average Bonchev–Trinajstić information content (AvgIpc) is 3.71. The third-order valence-corrected chi connectivity index (χ3v) is 9.76. The van der Waals surface area contributed by atoms with E-state index in [1.807, 2.05) is 12.1 Å². The molecule has 0 aliphatic heterocycles. The quantitative estimate of drug-likeness (QED) is 0.190. The predicted octanol–water partition coefficient (Wildman–Crippen LogP) is 13.0. The summed E-state index contributed by atoms with van der Waals surface area (Å²) in [6.07, 6.45) is 0. The van der Waals surface area contributed by atoms with Crippen LogP contribution in [0, 0.1) is 0 Å². The second kappa shape index (κ2) is 11.0. The average molecular weight is 627 g/mol. The Morgan fingerprint density at radius 3 is 1.94 bits per heavy atom. The highest BCUT2D eigenvalue weighted by Gasteiger charge is 2.21. The molecule has 0 radical (unpaired) electrons. The first-order chi connectivity index (χ1) is 24.3. The molecule has 0 saturated carbocycles. The van der Waals surface area contributed by atoms with Gasteiger partial charge in [0.05, 0.1) is 16.7 Å². The fourth-order valence-corrected chi connectivity index (χ4v) is 7.58. The van der Waals surface area contributed by atoms with Crippen molar-refractivity contribution in [1.82, 2.24) is 4.57 Å². The van der Waals surface area contributed by atoms with Crippen LogP contribution in [0.2, 0.25) is 0 Å². The number of rotatable bonds is 5. The molecule has 10 rings (SSSR count). The fraction of sp³-hybridized carbons (Fsp3) is 0. The largest absolute Gasteiger partial charge is 0.456 e. The lowest BCUT2D eigenvalue weighted by atomic mass is 10.0. The van der Waals surface area contributed by atoms with E-state index in [1.54, 1.807) is 0 Å². The molecule has 3 nitrogen and oxygen atoms in total. The molecule has 2 aromatic heterocycles. The third kappa shape index (κ3) is 4.37. The Morgan fingerprint density at radius 2 is 1.08 bits per heavy atom. The van der Waals surface area contributed by atoms with Gasteiger partial charge in [0, 0.05) is 50.2 Å². The first-order valence-electron chi connectivity index (χ1n) is 16.7. The molecule has 0 spiro atoms. The van der Waals surface area contributed by atoms with E-state index in [0.29, 0.717) is 0 Å². The van der Waals surface area contributed by atoms with Crippen LogP contribution in [0.1, 0.15) is 0 Å². The van der Waals surface area contributed by atoms with Gasteiger partial charge in [-0.1, -0.05) is 121 Å². The van der Waals surface area contributed by atoms with Gasteiger partial charge in [-0.15, -0.1) is 0 Å². The molecule has 0 aliphatic carbocycles. The lowest BCUT2D eigenvalue weighted by Gasteiger charge is -2.28. The van der Waals surface area contributed by atoms with Gasteiger partial charge in [0.25, 0.3) is 0 Å². The molecule has 0 N–H and O–H groups in total. The van der Waals surface area contributed by atoms with Gasteiger partial charge in [-0.25, -0.2) is 0 Å². The van der Waals surface area contributed by atoms with Gasteiger partial charge in [-0.05, 0) is 70.9 Å². The van der Waals surface area contributed by atoms with Crippen molar-refractivity contribution >= 4 is 71.6 Å². The zero-order valence-electron chi connectivity index (χ0n) is 26.6. The highest BCUT2D eigenvalue weighted by atomic mass is 16.3. The van der Waals surface area contributed by atoms with Crippen LogP contribution in [0.3, 0.4) is 0 Å². The van der Waals surface area contributed by atoms with Crippen molar-refractivity contribution in [2.24, 2.45) is 0 Å². The van der Waals surface area contributed by atoms with E-state index in [0.717, 1.165) is 55.8 Å². The Balaban J connectivity index is 1.28. The first-order valence-corrected chi connectivity index (χ1v) is 16.7. The summed E-state index contributed by atoms with van der Waals surface area (Å²) in [6, 6.07) is 65.0. The van der Waals surface area contributed by atoms with Crippen molar-refractivity contribution in [3.63, 3.8) is 0 Å². The Labute approximate surface area is 283 Å². The number of benzene rings is 8. The Kier molecular flexibility index (Phi) is 6.18. The summed E-state index contributed by atoms with van der Waals surface area (Å²) < 4.78 is 8.83. The lowest BCUT2D eigenvalue weighted by Crippen LogP contribution is -2.11. The van der Waals surface area contributed by atoms with Gasteiger partial charge in [0.2, 0.25) is 0 Å². The van der Waals surface area contributed by atoms with Crippen LogP contribution in [0.15, 0.2) is 186 Å². The summed E-state index contributed by atoms with van der Waals surface area (Å²) in [4.78, 5) is 2.37. The highest BCUT2D eigenvalue weighted by Crippen LogP contribution is 2.45. The molecular weight excluding hydrogens is 597 g/mol. The Bertz CT molecular complexity index is 2830. The molecule has 0 fully saturated rings. The molecule has 0 aliphatic rings. The zero-order chi connectivity index (χ0) is 32.3. The molecule has 49 heavy (non-hydrogen) atoms. The molecule has 0 bridgehead atoms. The number of nitrogens with zero attached hydrogens (tertiary/aromatic N) is 2. The van der Waals surface area contributed by atoms with Crippen LogP contribution in [0.4, 0.5) is 17.1 Å². The summed E-state index contributed by atoms with van der Waals surface area (Å²) >= 11 is 0. The number of fused-ring (bicyclic) bond motifs is 8. The minimum absolute atomic E-state index is 0.867. The standard InChI is InChI=1S/C46H30N2O/c1-3-13-31(14-4-1)36-18-9-11-21-41(36)47(35-24-26-39-38-20-10-12-22-44(38)49-45(39)30-35)34-25-27-40-43(29-34)48(33-16-5-2-6-17-33)42-28-23-32-15-7-8-19-37(32)46(40)42/h1-30H. The SMILES string of the molecule is c1ccc(-c2ccccc2N(c2ccc3c(c2)oc2ccccc23)c2ccc3c4c5ccccc5ccc4n(-c4ccccc4)c3c2)cc1. The van der Waals surface area contributed by atoms with Crippen LogP contribution in [-0.4, -0.2) is 4.57 Å². The zero-order valence-corrected chi connectivity index (χ0v) is 26.6. The molecule has 0 amide bonds. The van der Waals surface area contributed by atoms with Crippen molar-refractivity contribution in [2.45, 2.75) is 0 Å². The van der Waals surface area contributed by atoms with Crippen LogP contribution >= 0.6 is 0 Å². The van der Waals surface area contributed by atoms with Gasteiger partial charge in [-0.2, -0.15) is 0 Å². The van der Waals surface area contributed by atoms with Gasteiger partial charge < -0.3 is 13.9 Å². The molecule has 3 heteroatoms. The minimum Gasteiger partial charge on any atom is -0.456 e. The number of anilines is 3. The second-order valence-electron chi connectivity index (χ2n) is 12.6. The van der Waals surface area contributed by atoms with Crippen molar-refractivity contribution in [3.8, 4) is 16.8 Å². The van der Waals surface area contributed by atoms with E-state index in [2.05, 4.69) is 179 Å². The molecule has 8 aromatic carbocycles. The van der Waals surface area contributed by atoms with E-state index in [-0.39, 0.29) is 0 Å². The predicted molar refractivity (Wildman–Crippen MR) is 206 cm³/mol. The van der Waals surface area contributed by atoms with Crippen LogP contribution in [0.25, 0.3) is 71.3 Å². The highest BCUT2D eigenvalue weighted by molar-refractivity contribution is 6.22. The van der Waals surface area contributed by atoms with E-state index in [1.165, 1.54) is 32.6 Å². The number of para-hydroxylation sites is 3. The topological polar surface area (TPSA) is 21.3 Å². The van der Waals surface area contributed by atoms with E-state index < -0.39 is 0 Å². The Morgan fingerprint density at radius 1 is 0.429 bits per heavy atom. The number of aromatic nitrogens is 1. The first kappa shape index (κ1) is 27.5. The number of furan rings is 1. The van der Waals surface area contributed by atoms with E-state index >= 15 is 0 Å². The van der Waals surface area contributed by atoms with Crippen molar-refractivity contribution < 1.29 is 4.42 Å². The molecule has 2 heterocycles. The molecule has 0 unspecified atom stereocenters. The monoisotopic (exact) mass is 626 g/mol. The van der Waals surface area contributed by atoms with Gasteiger partial charge in [0.1, 0.15) is 11.2 Å². The molecule has 230 valence electrons. The van der Waals surface area contributed by atoms with E-state index in [9.17, 15) is 0 Å². The summed E-state index contributed by atoms with van der Waals surface area (Å²) in [7, 11) is 0. The van der Waals surface area contributed by atoms with Crippen molar-refractivity contribution in [1.29, 1.82) is 0 Å². The summed E-state index contributed by atoms with van der Waals surface area (Å²) in [6.45, 7) is 0. The summed E-state index contributed by atoms with van der Waals surface area (Å²) in [5, 5.41) is 7.23. The molecule has 0 saturated heterocycles. The van der Waals surface area contributed by atoms with Crippen molar-refractivity contribution in [3.05, 3.63) is 182 Å². The smallest absolute Gasteiger partial charge is 0.137 e. The molecular formula is C46H30N2O. The maximum atomic E-state index is 6.43. The maximum absolute atomic E-state index is 6.43. The molecule has 0 atom stereocenters. The maximum Gasteiger partial charge on any atom is 0.137 e. The summed E-state index contributed by atoms with van der Waals surface area (Å²) in [5.74, 6) is 0. The Hall–Kier alpha value is -6.58. The van der Waals surface area contributed by atoms with Gasteiger partial charge >= 0.3 is 0 Å². The lowest BCUT2D eigenvalue weighted by molar-refractivity contribution is 0.669. The van der Waals surface area contributed by atoms with Crippen LogP contribution in [0.5, 0.6) is 0 Å². The second-order valence-corrected chi connectivity index (χ2v) is 12.6. The number of hydrogen-bond donors (Lipinski definition) is 0. The summed E-state index contributed by atoms with van der Waals surface area (Å²) in [5.41, 5.74) is 10.8. The van der Waals surface area contributed by atoms with Crippen LogP contribution < -0.4 is 4.90 Å². The minimum atomic E-state index is 0.867. The normalized spacial score (nSPS) is 11.7.